The van der Waals surface area contributed by atoms with Crippen LogP contribution in [0.25, 0.3) is 0 Å². The van der Waals surface area contributed by atoms with Crippen molar-refractivity contribution in [1.29, 1.82) is 5.26 Å². The molecule has 86 valence electrons. The molecule has 0 N–H and O–H groups in total. The van der Waals surface area contributed by atoms with E-state index >= 15 is 0 Å². The zero-order valence-corrected chi connectivity index (χ0v) is 10.2. The predicted molar refractivity (Wildman–Crippen MR) is 67.2 cm³/mol. The van der Waals surface area contributed by atoms with E-state index in [4.69, 9.17) is 5.26 Å². The van der Waals surface area contributed by atoms with Gasteiger partial charge in [-0.2, -0.15) is 0 Å². The second-order valence-corrected chi connectivity index (χ2v) is 5.18. The maximum absolute atomic E-state index is 9.05. The Balaban J connectivity index is 1.89. The Labute approximate surface area is 102 Å². The van der Waals surface area contributed by atoms with Crippen LogP contribution >= 0.6 is 0 Å². The van der Waals surface area contributed by atoms with Gasteiger partial charge in [-0.25, -0.2) is 15.2 Å². The Hall–Kier alpha value is -1.57. The van der Waals surface area contributed by atoms with Gasteiger partial charge < -0.3 is 4.90 Å². The topological polar surface area (TPSA) is 52.8 Å². The lowest BCUT2D eigenvalue weighted by molar-refractivity contribution is 0.733. The van der Waals surface area contributed by atoms with Gasteiger partial charge in [-0.1, -0.05) is 0 Å². The number of rotatable bonds is 1. The Morgan fingerprint density at radius 2 is 2.29 bits per heavy atom. The second kappa shape index (κ2) is 3.73. The smallest absolute Gasteiger partial charge is 0.274 e. The third-order valence-corrected chi connectivity index (χ3v) is 4.29. The fourth-order valence-electron chi connectivity index (χ4n) is 3.19. The first-order valence-corrected chi connectivity index (χ1v) is 6.15. The highest BCUT2D eigenvalue weighted by Gasteiger charge is 2.48. The highest BCUT2D eigenvalue weighted by molar-refractivity contribution is 6.69. The largest absolute Gasteiger partial charge is 0.354 e. The summed E-state index contributed by atoms with van der Waals surface area (Å²) in [6.07, 6.45) is 3.80. The highest BCUT2D eigenvalue weighted by Crippen LogP contribution is 2.44. The molecule has 4 nitrogen and oxygen atoms in total. The van der Waals surface area contributed by atoms with Gasteiger partial charge in [0.2, 0.25) is 0 Å². The number of hydrogen-bond donors (Lipinski definition) is 0. The summed E-state index contributed by atoms with van der Waals surface area (Å²) in [5, 5.41) is 9.05. The van der Waals surface area contributed by atoms with Gasteiger partial charge in [0, 0.05) is 29.8 Å². The lowest BCUT2D eigenvalue weighted by Crippen LogP contribution is -2.38. The molecule has 0 aliphatic carbocycles. The third kappa shape index (κ3) is 1.51. The van der Waals surface area contributed by atoms with E-state index in [1.807, 2.05) is 6.92 Å². The molecule has 2 bridgehead atoms. The summed E-state index contributed by atoms with van der Waals surface area (Å²) in [6.45, 7) is 5.35. The zero-order chi connectivity index (χ0) is 12.0. The van der Waals surface area contributed by atoms with Gasteiger partial charge in [-0.05, 0) is 32.4 Å². The summed E-state index contributed by atoms with van der Waals surface area (Å²) in [7, 11) is 0. The van der Waals surface area contributed by atoms with Crippen molar-refractivity contribution in [2.24, 2.45) is 0 Å². The summed E-state index contributed by atoms with van der Waals surface area (Å²) in [6, 6.07) is 0.512. The molecule has 2 aliphatic heterocycles. The van der Waals surface area contributed by atoms with Crippen LogP contribution in [-0.4, -0.2) is 29.3 Å². The van der Waals surface area contributed by atoms with Crippen molar-refractivity contribution in [2.75, 3.05) is 11.4 Å². The van der Waals surface area contributed by atoms with Gasteiger partial charge in [-0.15, -0.1) is 0 Å². The van der Waals surface area contributed by atoms with Gasteiger partial charge in [-0.3, -0.25) is 0 Å². The van der Waals surface area contributed by atoms with E-state index in [1.165, 1.54) is 5.56 Å². The summed E-state index contributed by atoms with van der Waals surface area (Å²) < 4.78 is 0. The fourth-order valence-corrected chi connectivity index (χ4v) is 3.19. The number of nitrogens with zero attached hydrogens (tertiary/aromatic N) is 4. The molecule has 2 aliphatic rings. The van der Waals surface area contributed by atoms with Crippen LogP contribution in [0.2, 0.25) is 12.1 Å². The minimum Gasteiger partial charge on any atom is -0.354 e. The first-order chi connectivity index (χ1) is 8.20. The monoisotopic (exact) mass is 226 g/mol. The van der Waals surface area contributed by atoms with E-state index < -0.39 is 0 Å². The minimum atomic E-state index is 0.263. The molecular weight excluding hydrogens is 211 g/mol. The van der Waals surface area contributed by atoms with Crippen molar-refractivity contribution < 1.29 is 0 Å². The lowest BCUT2D eigenvalue weighted by atomic mass is 9.43. The predicted octanol–water partition coefficient (Wildman–Crippen LogP) is 1.61. The van der Waals surface area contributed by atoms with Gasteiger partial charge in [0.1, 0.15) is 12.1 Å². The SMILES string of the molecule is Cc1ncnc(N2CC3CC2CB3C#N)c1C. The standard InChI is InChI=1S/C12H15BN4/c1-8-9(2)15-7-16-12(8)17-5-10-3-11(17)4-13(10)6-14/h7,10-11H,3-5H2,1-2H3. The number of anilines is 1. The molecule has 0 saturated carbocycles. The highest BCUT2D eigenvalue weighted by atomic mass is 15.2. The number of nitriles is 1. The maximum Gasteiger partial charge on any atom is 0.274 e. The van der Waals surface area contributed by atoms with E-state index in [2.05, 4.69) is 27.8 Å². The molecule has 0 amide bonds. The Morgan fingerprint density at radius 1 is 1.47 bits per heavy atom. The van der Waals surface area contributed by atoms with Crippen LogP contribution in [0.1, 0.15) is 17.7 Å². The van der Waals surface area contributed by atoms with Crippen LogP contribution in [-0.2, 0) is 0 Å². The summed E-state index contributed by atoms with van der Waals surface area (Å²) >= 11 is 0. The molecule has 1 aromatic heterocycles. The molecule has 17 heavy (non-hydrogen) atoms. The quantitative estimate of drug-likeness (QED) is 0.682. The first-order valence-electron chi connectivity index (χ1n) is 6.15. The van der Waals surface area contributed by atoms with E-state index in [1.54, 1.807) is 6.33 Å². The van der Waals surface area contributed by atoms with Crippen LogP contribution in [0.3, 0.4) is 0 Å². The van der Waals surface area contributed by atoms with Crippen LogP contribution in [0, 0.1) is 25.1 Å². The van der Waals surface area contributed by atoms with Crippen LogP contribution in [0.5, 0.6) is 0 Å². The number of aromatic nitrogens is 2. The first kappa shape index (κ1) is 10.6. The summed E-state index contributed by atoms with van der Waals surface area (Å²) in [5.41, 5.74) is 2.23. The van der Waals surface area contributed by atoms with Crippen molar-refractivity contribution in [1.82, 2.24) is 9.97 Å². The number of fused-ring (bicyclic) bond motifs is 2. The minimum absolute atomic E-state index is 0.263. The Bertz CT molecular complexity index is 496. The Kier molecular flexibility index (Phi) is 2.32. The zero-order valence-electron chi connectivity index (χ0n) is 10.2. The summed E-state index contributed by atoms with van der Waals surface area (Å²) in [5.74, 6) is 4.05. The Morgan fingerprint density at radius 3 is 2.94 bits per heavy atom. The third-order valence-electron chi connectivity index (χ3n) is 4.29. The van der Waals surface area contributed by atoms with Gasteiger partial charge in [0.05, 0.1) is 0 Å². The van der Waals surface area contributed by atoms with Crippen molar-refractivity contribution in [2.45, 2.75) is 38.4 Å². The molecule has 1 aromatic rings. The van der Waals surface area contributed by atoms with Gasteiger partial charge >= 0.3 is 0 Å². The normalized spacial score (nSPS) is 26.4. The van der Waals surface area contributed by atoms with E-state index in [9.17, 15) is 0 Å². The molecule has 0 aromatic carbocycles. The maximum atomic E-state index is 9.05. The second-order valence-electron chi connectivity index (χ2n) is 5.18. The molecule has 0 spiro atoms. The van der Waals surface area contributed by atoms with Crippen LogP contribution in [0.15, 0.2) is 6.33 Å². The molecule has 2 fully saturated rings. The number of hydrogen-bond acceptors (Lipinski definition) is 4. The van der Waals surface area contributed by atoms with E-state index in [-0.39, 0.29) is 6.71 Å². The average Bonchev–Trinajstić information content (AvgIpc) is 2.91. The van der Waals surface area contributed by atoms with Crippen molar-refractivity contribution >= 4 is 12.5 Å². The average molecular weight is 226 g/mol. The molecule has 3 heterocycles. The molecule has 2 saturated heterocycles. The van der Waals surface area contributed by atoms with Gasteiger partial charge in [0.25, 0.3) is 6.71 Å². The molecule has 5 heteroatoms. The number of aryl methyl sites for hydroxylation is 1. The molecule has 3 rings (SSSR count). The lowest BCUT2D eigenvalue weighted by Gasteiger charge is -2.30. The van der Waals surface area contributed by atoms with E-state index in [0.29, 0.717) is 11.9 Å². The molecule has 0 radical (unpaired) electrons. The van der Waals surface area contributed by atoms with Crippen LogP contribution < -0.4 is 4.90 Å². The van der Waals surface area contributed by atoms with Crippen molar-refractivity contribution in [3.8, 4) is 5.97 Å². The van der Waals surface area contributed by atoms with Gasteiger partial charge in [0.15, 0.2) is 0 Å². The van der Waals surface area contributed by atoms with Crippen molar-refractivity contribution in [3.63, 3.8) is 0 Å². The van der Waals surface area contributed by atoms with Crippen molar-refractivity contribution in [3.05, 3.63) is 17.6 Å². The molecular formula is C12H15BN4. The van der Waals surface area contributed by atoms with E-state index in [0.717, 1.165) is 30.8 Å². The molecule has 2 unspecified atom stereocenters. The van der Waals surface area contributed by atoms with Crippen LogP contribution in [0.4, 0.5) is 5.82 Å². The molecule has 2 atom stereocenters. The summed E-state index contributed by atoms with van der Waals surface area (Å²) in [4.78, 5) is 11.0. The fraction of sp³-hybridized carbons (Fsp3) is 0.583.